The third kappa shape index (κ3) is 3.83. The van der Waals surface area contributed by atoms with Gasteiger partial charge in [0.25, 0.3) is 5.91 Å². The van der Waals surface area contributed by atoms with Gasteiger partial charge in [-0.3, -0.25) is 4.79 Å². The lowest BCUT2D eigenvalue weighted by molar-refractivity contribution is 0.0708. The number of fused-ring (bicyclic) bond motifs is 1. The molecule has 1 aliphatic rings. The van der Waals surface area contributed by atoms with E-state index in [1.165, 1.54) is 0 Å². The number of thioether (sulfide) groups is 1. The number of likely N-dealkylation sites (N-methyl/N-ethyl adjacent to an activating group) is 2. The van der Waals surface area contributed by atoms with Crippen LogP contribution in [0.15, 0.2) is 47.4 Å². The molecule has 0 fully saturated rings. The molecule has 138 valence electrons. The number of hydrogen-bond acceptors (Lipinski definition) is 4. The van der Waals surface area contributed by atoms with Gasteiger partial charge in [-0.1, -0.05) is 18.2 Å². The third-order valence-corrected chi connectivity index (χ3v) is 5.53. The average molecular weight is 371 g/mol. The van der Waals surface area contributed by atoms with Crippen molar-refractivity contribution in [3.63, 3.8) is 0 Å². The van der Waals surface area contributed by atoms with Crippen LogP contribution in [0.4, 0.5) is 5.69 Å². The number of para-hydroxylation sites is 2. The Morgan fingerprint density at radius 1 is 1.31 bits per heavy atom. The topological polar surface area (TPSA) is 32.8 Å². The second-order valence-corrected chi connectivity index (χ2v) is 7.49. The maximum Gasteiger partial charge on any atom is 0.254 e. The molecule has 26 heavy (non-hydrogen) atoms. The van der Waals surface area contributed by atoms with E-state index in [0.29, 0.717) is 6.54 Å². The molecule has 5 heteroatoms. The van der Waals surface area contributed by atoms with Gasteiger partial charge in [0.05, 0.1) is 18.8 Å². The largest absolute Gasteiger partial charge is 0.485 e. The molecule has 0 aromatic heterocycles. The summed E-state index contributed by atoms with van der Waals surface area (Å²) in [5.74, 6) is 0.941. The maximum absolute atomic E-state index is 13.0. The molecule has 2 aromatic rings. The zero-order valence-corrected chi connectivity index (χ0v) is 16.7. The fourth-order valence-electron chi connectivity index (χ4n) is 3.33. The Bertz CT molecular complexity index is 793. The van der Waals surface area contributed by atoms with Crippen LogP contribution in [0.5, 0.6) is 5.75 Å². The number of aryl methyl sites for hydroxylation is 1. The second kappa shape index (κ2) is 8.04. The first-order valence-electron chi connectivity index (χ1n) is 8.94. The van der Waals surface area contributed by atoms with Crippen molar-refractivity contribution in [2.75, 3.05) is 37.8 Å². The Balaban J connectivity index is 1.74. The van der Waals surface area contributed by atoms with Crippen LogP contribution in [0.3, 0.4) is 0 Å². The molecule has 0 N–H and O–H groups in total. The number of carbonyl (C=O) groups excluding carboxylic acids is 1. The Hall–Kier alpha value is -2.14. The number of ether oxygens (including phenoxy) is 1. The first-order valence-corrected chi connectivity index (χ1v) is 10.2. The summed E-state index contributed by atoms with van der Waals surface area (Å²) in [5.41, 5.74) is 2.90. The predicted octanol–water partition coefficient (Wildman–Crippen LogP) is 4.08. The van der Waals surface area contributed by atoms with E-state index < -0.39 is 0 Å². The third-order valence-electron chi connectivity index (χ3n) is 4.80. The normalized spacial score (nSPS) is 16.0. The molecule has 0 spiro atoms. The molecular formula is C21H26N2O2S. The van der Waals surface area contributed by atoms with Crippen molar-refractivity contribution >= 4 is 23.4 Å². The molecule has 0 aliphatic carbocycles. The summed E-state index contributed by atoms with van der Waals surface area (Å²) in [7, 11) is 1.85. The smallest absolute Gasteiger partial charge is 0.254 e. The zero-order chi connectivity index (χ0) is 18.7. The molecule has 1 unspecified atom stereocenters. The number of carbonyl (C=O) groups is 1. The quantitative estimate of drug-likeness (QED) is 0.743. The molecule has 2 aromatic carbocycles. The van der Waals surface area contributed by atoms with Gasteiger partial charge >= 0.3 is 0 Å². The molecule has 0 bridgehead atoms. The van der Waals surface area contributed by atoms with Crippen LogP contribution in [-0.4, -0.2) is 49.8 Å². The molecule has 0 radical (unpaired) electrons. The first kappa shape index (κ1) is 18.6. The summed E-state index contributed by atoms with van der Waals surface area (Å²) in [6.45, 7) is 6.40. The van der Waals surface area contributed by atoms with E-state index in [1.807, 2.05) is 50.6 Å². The highest BCUT2D eigenvalue weighted by Crippen LogP contribution is 2.33. The van der Waals surface area contributed by atoms with Crippen molar-refractivity contribution in [2.45, 2.75) is 24.8 Å². The summed E-state index contributed by atoms with van der Waals surface area (Å²) in [5, 5.41) is 0. The van der Waals surface area contributed by atoms with Gasteiger partial charge in [-0.2, -0.15) is 0 Å². The van der Waals surface area contributed by atoms with E-state index in [1.54, 1.807) is 16.7 Å². The van der Waals surface area contributed by atoms with Crippen LogP contribution in [-0.2, 0) is 0 Å². The lowest BCUT2D eigenvalue weighted by Gasteiger charge is -2.37. The predicted molar refractivity (Wildman–Crippen MR) is 109 cm³/mol. The van der Waals surface area contributed by atoms with E-state index in [2.05, 4.69) is 24.0 Å². The van der Waals surface area contributed by atoms with Crippen LogP contribution >= 0.6 is 11.8 Å². The summed E-state index contributed by atoms with van der Waals surface area (Å²) in [4.78, 5) is 18.1. The molecule has 4 nitrogen and oxygen atoms in total. The minimum Gasteiger partial charge on any atom is -0.485 e. The van der Waals surface area contributed by atoms with Crippen LogP contribution in [0, 0.1) is 6.92 Å². The van der Waals surface area contributed by atoms with Crippen molar-refractivity contribution in [3.8, 4) is 5.75 Å². The Labute approximate surface area is 160 Å². The first-order chi connectivity index (χ1) is 12.5. The fourth-order valence-corrected chi connectivity index (χ4v) is 3.77. The molecule has 0 saturated heterocycles. The number of nitrogens with zero attached hydrogens (tertiary/aromatic N) is 2. The Morgan fingerprint density at radius 3 is 2.81 bits per heavy atom. The molecule has 1 amide bonds. The monoisotopic (exact) mass is 370 g/mol. The summed E-state index contributed by atoms with van der Waals surface area (Å²) in [6, 6.07) is 14.1. The van der Waals surface area contributed by atoms with Crippen molar-refractivity contribution in [1.29, 1.82) is 0 Å². The summed E-state index contributed by atoms with van der Waals surface area (Å²) >= 11 is 1.65. The SMILES string of the molecule is CCN1CC(CN(C)C(=O)c2cc(SC)ccc2C)Oc2ccccc21. The van der Waals surface area contributed by atoms with Crippen molar-refractivity contribution in [3.05, 3.63) is 53.6 Å². The number of anilines is 1. The Kier molecular flexibility index (Phi) is 5.77. The van der Waals surface area contributed by atoms with Crippen LogP contribution in [0.2, 0.25) is 0 Å². The van der Waals surface area contributed by atoms with Gasteiger partial charge in [0.15, 0.2) is 0 Å². The fraction of sp³-hybridized carbons (Fsp3) is 0.381. The summed E-state index contributed by atoms with van der Waals surface area (Å²) in [6.07, 6.45) is 1.98. The highest BCUT2D eigenvalue weighted by molar-refractivity contribution is 7.98. The lowest BCUT2D eigenvalue weighted by Crippen LogP contribution is -2.46. The molecular weight excluding hydrogens is 344 g/mol. The van der Waals surface area contributed by atoms with Gasteiger partial charge in [0.1, 0.15) is 11.9 Å². The van der Waals surface area contributed by atoms with Gasteiger partial charge in [-0.25, -0.2) is 0 Å². The maximum atomic E-state index is 13.0. The zero-order valence-electron chi connectivity index (χ0n) is 15.9. The van der Waals surface area contributed by atoms with Gasteiger partial charge in [0.2, 0.25) is 0 Å². The van der Waals surface area contributed by atoms with Crippen molar-refractivity contribution in [1.82, 2.24) is 4.90 Å². The molecule has 0 saturated carbocycles. The van der Waals surface area contributed by atoms with Gasteiger partial charge in [-0.15, -0.1) is 11.8 Å². The van der Waals surface area contributed by atoms with Gasteiger partial charge < -0.3 is 14.5 Å². The van der Waals surface area contributed by atoms with Crippen LogP contribution < -0.4 is 9.64 Å². The van der Waals surface area contributed by atoms with Gasteiger partial charge in [-0.05, 0) is 49.9 Å². The molecule has 1 heterocycles. The van der Waals surface area contributed by atoms with Crippen LogP contribution in [0.25, 0.3) is 0 Å². The van der Waals surface area contributed by atoms with E-state index >= 15 is 0 Å². The number of amides is 1. The number of hydrogen-bond donors (Lipinski definition) is 0. The van der Waals surface area contributed by atoms with Crippen molar-refractivity contribution in [2.24, 2.45) is 0 Å². The average Bonchev–Trinajstić information content (AvgIpc) is 2.67. The molecule has 1 aliphatic heterocycles. The summed E-state index contributed by atoms with van der Waals surface area (Å²) < 4.78 is 6.16. The highest BCUT2D eigenvalue weighted by atomic mass is 32.2. The van der Waals surface area contributed by atoms with Crippen LogP contribution in [0.1, 0.15) is 22.8 Å². The highest BCUT2D eigenvalue weighted by Gasteiger charge is 2.27. The standard InChI is InChI=1S/C21H26N2O2S/c1-5-23-14-16(25-20-9-7-6-8-19(20)23)13-22(3)21(24)18-12-17(26-4)11-10-15(18)2/h6-12,16H,5,13-14H2,1-4H3. The van der Waals surface area contributed by atoms with Crippen molar-refractivity contribution < 1.29 is 9.53 Å². The number of benzene rings is 2. The second-order valence-electron chi connectivity index (χ2n) is 6.61. The van der Waals surface area contributed by atoms with E-state index in [-0.39, 0.29) is 12.0 Å². The van der Waals surface area contributed by atoms with Gasteiger partial charge in [0, 0.05) is 24.1 Å². The minimum absolute atomic E-state index is 0.0390. The molecule has 1 atom stereocenters. The molecule has 3 rings (SSSR count). The van der Waals surface area contributed by atoms with E-state index in [0.717, 1.165) is 40.5 Å². The van der Waals surface area contributed by atoms with E-state index in [9.17, 15) is 4.79 Å². The lowest BCUT2D eigenvalue weighted by atomic mass is 10.1. The number of rotatable bonds is 5. The minimum atomic E-state index is -0.0390. The van der Waals surface area contributed by atoms with E-state index in [4.69, 9.17) is 4.74 Å². The Morgan fingerprint density at radius 2 is 2.08 bits per heavy atom.